The van der Waals surface area contributed by atoms with Crippen LogP contribution in [0.3, 0.4) is 0 Å². The van der Waals surface area contributed by atoms with Crippen LogP contribution in [0.25, 0.3) is 0 Å². The van der Waals surface area contributed by atoms with Crippen LogP contribution >= 0.6 is 15.9 Å². The van der Waals surface area contributed by atoms with Crippen molar-refractivity contribution in [2.45, 2.75) is 31.5 Å². The van der Waals surface area contributed by atoms with Gasteiger partial charge < -0.3 is 4.42 Å². The van der Waals surface area contributed by atoms with E-state index in [1.807, 2.05) is 0 Å². The van der Waals surface area contributed by atoms with Crippen molar-refractivity contribution in [2.24, 2.45) is 0 Å². The molecule has 4 nitrogen and oxygen atoms in total. The Balaban J connectivity index is 2.40. The first kappa shape index (κ1) is 14.8. The van der Waals surface area contributed by atoms with Crippen molar-refractivity contribution in [2.75, 3.05) is 0 Å². The van der Waals surface area contributed by atoms with Crippen LogP contribution in [-0.2, 0) is 12.8 Å². The predicted molar refractivity (Wildman–Crippen MR) is 81.3 cm³/mol. The third kappa shape index (κ3) is 2.93. The molecule has 1 aromatic carbocycles. The Labute approximate surface area is 126 Å². The lowest BCUT2D eigenvalue weighted by atomic mass is 9.97. The Bertz CT molecular complexity index is 621. The molecule has 1 heterocycles. The average Bonchev–Trinajstić information content (AvgIpc) is 2.95. The summed E-state index contributed by atoms with van der Waals surface area (Å²) in [4.78, 5) is 10.0. The summed E-state index contributed by atoms with van der Waals surface area (Å²) in [5, 5.41) is 10.7. The molecule has 0 spiro atoms. The Kier molecular flexibility index (Phi) is 4.60. The predicted octanol–water partition coefficient (Wildman–Crippen LogP) is 4.80. The van der Waals surface area contributed by atoms with Crippen LogP contribution in [0.15, 0.2) is 34.7 Å². The van der Waals surface area contributed by atoms with Crippen molar-refractivity contribution in [3.63, 3.8) is 0 Å². The Hall–Kier alpha value is -1.62. The largest absolute Gasteiger partial charge is 0.433 e. The summed E-state index contributed by atoms with van der Waals surface area (Å²) >= 11 is 3.60. The van der Waals surface area contributed by atoms with Crippen molar-refractivity contribution >= 4 is 21.8 Å². The summed E-state index contributed by atoms with van der Waals surface area (Å²) in [7, 11) is 0. The van der Waals surface area contributed by atoms with Crippen molar-refractivity contribution in [1.82, 2.24) is 0 Å². The minimum Gasteiger partial charge on any atom is -0.404 e. The summed E-state index contributed by atoms with van der Waals surface area (Å²) in [5.41, 5.74) is 3.56. The fourth-order valence-electron chi connectivity index (χ4n) is 2.15. The summed E-state index contributed by atoms with van der Waals surface area (Å²) in [6.45, 7) is 4.19. The fourth-order valence-corrected chi connectivity index (χ4v) is 2.82. The maximum Gasteiger partial charge on any atom is 0.433 e. The lowest BCUT2D eigenvalue weighted by Crippen LogP contribution is -1.99. The van der Waals surface area contributed by atoms with Crippen molar-refractivity contribution in [3.05, 3.63) is 62.9 Å². The van der Waals surface area contributed by atoms with Gasteiger partial charge in [0.05, 0.1) is 10.9 Å². The number of benzene rings is 1. The maximum atomic E-state index is 10.7. The monoisotopic (exact) mass is 337 g/mol. The molecule has 2 rings (SSSR count). The molecular weight excluding hydrogens is 322 g/mol. The molecule has 1 aromatic heterocycles. The molecule has 1 atom stereocenters. The third-order valence-corrected chi connectivity index (χ3v) is 4.26. The maximum absolute atomic E-state index is 10.7. The SMILES string of the molecule is CCc1ccc(CC)c(C(Br)c2ccc([N+](=O)[O-])o2)c1. The second-order valence-electron chi connectivity index (χ2n) is 4.54. The first-order valence-electron chi connectivity index (χ1n) is 6.56. The highest BCUT2D eigenvalue weighted by molar-refractivity contribution is 9.09. The molecule has 0 fully saturated rings. The molecule has 0 aliphatic heterocycles. The molecule has 0 aliphatic carbocycles. The van der Waals surface area contributed by atoms with Crippen molar-refractivity contribution in [1.29, 1.82) is 0 Å². The number of aryl methyl sites for hydroxylation is 2. The van der Waals surface area contributed by atoms with Gasteiger partial charge in [0.2, 0.25) is 0 Å². The lowest BCUT2D eigenvalue weighted by Gasteiger charge is -2.14. The third-order valence-electron chi connectivity index (χ3n) is 3.31. The average molecular weight is 338 g/mol. The van der Waals surface area contributed by atoms with Crippen LogP contribution in [0.4, 0.5) is 5.88 Å². The molecule has 106 valence electrons. The molecular formula is C15H16BrNO3. The molecule has 0 amide bonds. The van der Waals surface area contributed by atoms with Gasteiger partial charge in [-0.05, 0) is 35.6 Å². The Morgan fingerprint density at radius 2 is 2.00 bits per heavy atom. The summed E-state index contributed by atoms with van der Waals surface area (Å²) in [5.74, 6) is 0.328. The van der Waals surface area contributed by atoms with Crippen LogP contribution in [0, 0.1) is 10.1 Å². The van der Waals surface area contributed by atoms with Crippen LogP contribution in [-0.4, -0.2) is 4.92 Å². The van der Waals surface area contributed by atoms with Gasteiger partial charge in [-0.15, -0.1) is 0 Å². The summed E-state index contributed by atoms with van der Waals surface area (Å²) in [6, 6.07) is 9.40. The number of nitrogens with zero attached hydrogens (tertiary/aromatic N) is 1. The van der Waals surface area contributed by atoms with E-state index in [9.17, 15) is 10.1 Å². The second kappa shape index (κ2) is 6.22. The van der Waals surface area contributed by atoms with Gasteiger partial charge in [-0.2, -0.15) is 0 Å². The van der Waals surface area contributed by atoms with Gasteiger partial charge in [0.1, 0.15) is 10.7 Å². The molecule has 0 aliphatic rings. The van der Waals surface area contributed by atoms with E-state index in [-0.39, 0.29) is 10.7 Å². The molecule has 20 heavy (non-hydrogen) atoms. The summed E-state index contributed by atoms with van der Waals surface area (Å²) in [6.07, 6.45) is 1.86. The Morgan fingerprint density at radius 1 is 1.25 bits per heavy atom. The van der Waals surface area contributed by atoms with Crippen LogP contribution in [0.5, 0.6) is 0 Å². The number of hydrogen-bond acceptors (Lipinski definition) is 3. The first-order chi connectivity index (χ1) is 9.56. The molecule has 1 unspecified atom stereocenters. The van der Waals surface area contributed by atoms with Crippen molar-refractivity contribution in [3.8, 4) is 0 Å². The smallest absolute Gasteiger partial charge is 0.404 e. The minimum absolute atomic E-state index is 0.169. The van der Waals surface area contributed by atoms with E-state index in [1.54, 1.807) is 6.07 Å². The fraction of sp³-hybridized carbons (Fsp3) is 0.333. The highest BCUT2D eigenvalue weighted by atomic mass is 79.9. The normalized spacial score (nSPS) is 12.3. The van der Waals surface area contributed by atoms with Gasteiger partial charge in [-0.3, -0.25) is 10.1 Å². The standard InChI is InChI=1S/C15H16BrNO3/c1-3-10-5-6-11(4-2)12(9-10)15(16)13-7-8-14(20-13)17(18)19/h5-9,15H,3-4H2,1-2H3. The minimum atomic E-state index is -0.521. The van der Waals surface area contributed by atoms with E-state index in [4.69, 9.17) is 4.42 Å². The van der Waals surface area contributed by atoms with E-state index >= 15 is 0 Å². The molecule has 2 aromatic rings. The van der Waals surface area contributed by atoms with Crippen molar-refractivity contribution < 1.29 is 9.34 Å². The number of alkyl halides is 1. The number of hydrogen-bond donors (Lipinski definition) is 0. The number of nitro groups is 1. The zero-order valence-electron chi connectivity index (χ0n) is 11.4. The highest BCUT2D eigenvalue weighted by Crippen LogP contribution is 2.36. The zero-order chi connectivity index (χ0) is 14.7. The lowest BCUT2D eigenvalue weighted by molar-refractivity contribution is -0.402. The van der Waals surface area contributed by atoms with E-state index < -0.39 is 4.92 Å². The molecule has 0 radical (unpaired) electrons. The van der Waals surface area contributed by atoms with Gasteiger partial charge in [-0.1, -0.05) is 48.0 Å². The van der Waals surface area contributed by atoms with E-state index in [0.29, 0.717) is 5.76 Å². The zero-order valence-corrected chi connectivity index (χ0v) is 13.0. The van der Waals surface area contributed by atoms with Gasteiger partial charge in [0, 0.05) is 0 Å². The molecule has 0 bridgehead atoms. The topological polar surface area (TPSA) is 56.3 Å². The molecule has 0 saturated heterocycles. The first-order valence-corrected chi connectivity index (χ1v) is 7.48. The van der Waals surface area contributed by atoms with Gasteiger partial charge in [-0.25, -0.2) is 0 Å². The molecule has 0 saturated carbocycles. The second-order valence-corrected chi connectivity index (χ2v) is 5.45. The highest BCUT2D eigenvalue weighted by Gasteiger charge is 2.21. The van der Waals surface area contributed by atoms with E-state index in [1.165, 1.54) is 17.2 Å². The van der Waals surface area contributed by atoms with E-state index in [2.05, 4.69) is 48.0 Å². The molecule has 0 N–H and O–H groups in total. The Morgan fingerprint density at radius 3 is 2.55 bits per heavy atom. The van der Waals surface area contributed by atoms with Gasteiger partial charge >= 0.3 is 5.88 Å². The van der Waals surface area contributed by atoms with Crippen LogP contribution in [0.1, 0.15) is 41.1 Å². The summed E-state index contributed by atoms with van der Waals surface area (Å²) < 4.78 is 5.29. The van der Waals surface area contributed by atoms with E-state index in [0.717, 1.165) is 18.4 Å². The number of rotatable bonds is 5. The van der Waals surface area contributed by atoms with Gasteiger partial charge in [0.25, 0.3) is 0 Å². The molecule has 5 heteroatoms. The number of furan rings is 1. The number of halogens is 1. The van der Waals surface area contributed by atoms with Crippen LogP contribution < -0.4 is 0 Å². The van der Waals surface area contributed by atoms with Crippen LogP contribution in [0.2, 0.25) is 0 Å². The van der Waals surface area contributed by atoms with Gasteiger partial charge in [0.15, 0.2) is 0 Å². The quantitative estimate of drug-likeness (QED) is 0.447.